The fraction of sp³-hybridized carbons (Fsp3) is 0.286. The van der Waals surface area contributed by atoms with Gasteiger partial charge in [0.15, 0.2) is 5.78 Å². The highest BCUT2D eigenvalue weighted by Crippen LogP contribution is 2.13. The van der Waals surface area contributed by atoms with Crippen molar-refractivity contribution in [3.05, 3.63) is 64.6 Å². The number of Topliss-reactive ketones (excluding diaryl/α,β-unsaturated/α-hetero) is 1. The summed E-state index contributed by atoms with van der Waals surface area (Å²) in [7, 11) is 1.57. The lowest BCUT2D eigenvalue weighted by Crippen LogP contribution is -2.26. The molecule has 0 saturated heterocycles. The highest BCUT2D eigenvalue weighted by Gasteiger charge is 2.10. The van der Waals surface area contributed by atoms with Crippen LogP contribution in [0.2, 0.25) is 0 Å². The Balaban J connectivity index is 1.41. The van der Waals surface area contributed by atoms with Crippen molar-refractivity contribution >= 4 is 22.7 Å². The lowest BCUT2D eigenvalue weighted by molar-refractivity contribution is -0.121. The van der Waals surface area contributed by atoms with Gasteiger partial charge in [-0.1, -0.05) is 12.1 Å². The maximum atomic E-state index is 12.1. The minimum absolute atomic E-state index is 0.0804. The molecule has 146 valence electrons. The SMILES string of the molecule is COc1ccc(C(=O)CCC(=O)NCCCn2c(=O)[nH]c3ccccc32)cc1. The van der Waals surface area contributed by atoms with Crippen LogP contribution in [0.5, 0.6) is 5.75 Å². The maximum absolute atomic E-state index is 12.1. The number of ketones is 1. The Hall–Kier alpha value is -3.35. The molecule has 1 aromatic heterocycles. The molecule has 0 aliphatic rings. The van der Waals surface area contributed by atoms with Crippen molar-refractivity contribution in [2.24, 2.45) is 0 Å². The lowest BCUT2D eigenvalue weighted by atomic mass is 10.1. The van der Waals surface area contributed by atoms with Gasteiger partial charge in [-0.15, -0.1) is 0 Å². The van der Waals surface area contributed by atoms with E-state index < -0.39 is 0 Å². The van der Waals surface area contributed by atoms with Crippen LogP contribution in [0.4, 0.5) is 0 Å². The molecule has 1 heterocycles. The van der Waals surface area contributed by atoms with Crippen LogP contribution in [0, 0.1) is 0 Å². The van der Waals surface area contributed by atoms with Crippen LogP contribution in [0.3, 0.4) is 0 Å². The number of methoxy groups -OCH3 is 1. The number of rotatable bonds is 9. The molecule has 0 bridgehead atoms. The van der Waals surface area contributed by atoms with E-state index in [1.165, 1.54) is 0 Å². The molecule has 0 fully saturated rings. The minimum atomic E-state index is -0.173. The van der Waals surface area contributed by atoms with Crippen LogP contribution >= 0.6 is 0 Å². The van der Waals surface area contributed by atoms with E-state index >= 15 is 0 Å². The van der Waals surface area contributed by atoms with Crippen LogP contribution in [-0.4, -0.2) is 34.9 Å². The monoisotopic (exact) mass is 381 g/mol. The fourth-order valence-electron chi connectivity index (χ4n) is 3.03. The standard InChI is InChI=1S/C21H23N3O4/c1-28-16-9-7-15(8-10-16)19(25)11-12-20(26)22-13-4-14-24-18-6-3-2-5-17(18)23-21(24)27/h2-3,5-10H,4,11-14H2,1H3,(H,22,26)(H,23,27). The number of nitrogens with one attached hydrogen (secondary N) is 2. The summed E-state index contributed by atoms with van der Waals surface area (Å²) < 4.78 is 6.72. The van der Waals surface area contributed by atoms with Crippen LogP contribution in [0.15, 0.2) is 53.3 Å². The first-order valence-electron chi connectivity index (χ1n) is 9.20. The maximum Gasteiger partial charge on any atom is 0.326 e. The van der Waals surface area contributed by atoms with E-state index in [0.717, 1.165) is 11.0 Å². The Morgan fingerprint density at radius 1 is 1.07 bits per heavy atom. The number of hydrogen-bond acceptors (Lipinski definition) is 4. The second-order valence-corrected chi connectivity index (χ2v) is 6.45. The van der Waals surface area contributed by atoms with Gasteiger partial charge < -0.3 is 15.0 Å². The Labute approximate surface area is 162 Å². The number of imidazole rings is 1. The molecule has 1 amide bonds. The van der Waals surface area contributed by atoms with Crippen molar-refractivity contribution in [1.29, 1.82) is 0 Å². The zero-order chi connectivity index (χ0) is 19.9. The predicted molar refractivity (Wildman–Crippen MR) is 107 cm³/mol. The third-order valence-electron chi connectivity index (χ3n) is 4.55. The number of nitrogens with zero attached hydrogens (tertiary/aromatic N) is 1. The summed E-state index contributed by atoms with van der Waals surface area (Å²) in [4.78, 5) is 38.9. The number of aryl methyl sites for hydroxylation is 1. The number of aromatic amines is 1. The smallest absolute Gasteiger partial charge is 0.326 e. The average Bonchev–Trinajstić information content (AvgIpc) is 3.04. The van der Waals surface area contributed by atoms with Gasteiger partial charge in [-0.05, 0) is 42.8 Å². The fourth-order valence-corrected chi connectivity index (χ4v) is 3.03. The normalized spacial score (nSPS) is 10.8. The Bertz CT molecular complexity index is 1020. The van der Waals surface area contributed by atoms with Gasteiger partial charge in [0.2, 0.25) is 5.91 Å². The van der Waals surface area contributed by atoms with E-state index in [1.54, 1.807) is 35.9 Å². The Kier molecular flexibility index (Phi) is 6.26. The van der Waals surface area contributed by atoms with E-state index in [4.69, 9.17) is 4.74 Å². The molecular weight excluding hydrogens is 358 g/mol. The summed E-state index contributed by atoms with van der Waals surface area (Å²) in [5, 5.41) is 2.80. The van der Waals surface area contributed by atoms with Crippen molar-refractivity contribution < 1.29 is 14.3 Å². The third kappa shape index (κ3) is 4.68. The van der Waals surface area contributed by atoms with Gasteiger partial charge in [-0.2, -0.15) is 0 Å². The van der Waals surface area contributed by atoms with Crippen molar-refractivity contribution in [3.8, 4) is 5.75 Å². The second-order valence-electron chi connectivity index (χ2n) is 6.45. The Morgan fingerprint density at radius 3 is 2.57 bits per heavy atom. The number of aromatic nitrogens is 2. The first-order valence-corrected chi connectivity index (χ1v) is 9.20. The van der Waals surface area contributed by atoms with E-state index in [-0.39, 0.29) is 30.2 Å². The van der Waals surface area contributed by atoms with E-state index in [0.29, 0.717) is 30.8 Å². The molecule has 0 spiro atoms. The van der Waals surface area contributed by atoms with E-state index in [2.05, 4.69) is 10.3 Å². The number of amides is 1. The van der Waals surface area contributed by atoms with Crippen molar-refractivity contribution in [2.45, 2.75) is 25.8 Å². The summed E-state index contributed by atoms with van der Waals surface area (Å²) >= 11 is 0. The first kappa shape index (κ1) is 19.4. The summed E-state index contributed by atoms with van der Waals surface area (Å²) in [6, 6.07) is 14.3. The highest BCUT2D eigenvalue weighted by molar-refractivity contribution is 5.98. The molecule has 7 heteroatoms. The highest BCUT2D eigenvalue weighted by atomic mass is 16.5. The van der Waals surface area contributed by atoms with Crippen LogP contribution in [0.1, 0.15) is 29.6 Å². The average molecular weight is 381 g/mol. The molecule has 0 aliphatic heterocycles. The number of ether oxygens (including phenoxy) is 1. The molecule has 3 rings (SSSR count). The Morgan fingerprint density at radius 2 is 1.82 bits per heavy atom. The zero-order valence-corrected chi connectivity index (χ0v) is 15.7. The van der Waals surface area contributed by atoms with Gasteiger partial charge >= 0.3 is 5.69 Å². The zero-order valence-electron chi connectivity index (χ0n) is 15.7. The van der Waals surface area contributed by atoms with Crippen LogP contribution in [-0.2, 0) is 11.3 Å². The van der Waals surface area contributed by atoms with E-state index in [9.17, 15) is 14.4 Å². The molecular formula is C21H23N3O4. The molecule has 2 aromatic carbocycles. The summed E-state index contributed by atoms with van der Waals surface area (Å²) in [5.74, 6) is 0.430. The van der Waals surface area contributed by atoms with Gasteiger partial charge in [0.1, 0.15) is 5.75 Å². The third-order valence-corrected chi connectivity index (χ3v) is 4.55. The number of para-hydroxylation sites is 2. The molecule has 0 saturated carbocycles. The number of fused-ring (bicyclic) bond motifs is 1. The van der Waals surface area contributed by atoms with Crippen molar-refractivity contribution in [2.75, 3.05) is 13.7 Å². The summed E-state index contributed by atoms with van der Waals surface area (Å²) in [6.07, 6.45) is 0.915. The lowest BCUT2D eigenvalue weighted by Gasteiger charge is -2.07. The molecule has 0 aliphatic carbocycles. The predicted octanol–water partition coefficient (Wildman–Crippen LogP) is 2.51. The first-order chi connectivity index (χ1) is 13.6. The van der Waals surface area contributed by atoms with Crippen molar-refractivity contribution in [3.63, 3.8) is 0 Å². The molecule has 28 heavy (non-hydrogen) atoms. The van der Waals surface area contributed by atoms with Crippen LogP contribution < -0.4 is 15.7 Å². The molecule has 0 unspecified atom stereocenters. The molecule has 0 atom stereocenters. The largest absolute Gasteiger partial charge is 0.497 e. The molecule has 2 N–H and O–H groups in total. The number of carbonyl (C=O) groups excluding carboxylic acids is 2. The van der Waals surface area contributed by atoms with Crippen molar-refractivity contribution in [1.82, 2.24) is 14.9 Å². The molecule has 0 radical (unpaired) electrons. The van der Waals surface area contributed by atoms with E-state index in [1.807, 2.05) is 24.3 Å². The van der Waals surface area contributed by atoms with Gasteiger partial charge in [0.25, 0.3) is 0 Å². The van der Waals surface area contributed by atoms with Gasteiger partial charge in [-0.3, -0.25) is 14.2 Å². The number of hydrogen-bond donors (Lipinski definition) is 2. The van der Waals surface area contributed by atoms with Gasteiger partial charge in [0, 0.05) is 31.5 Å². The summed E-state index contributed by atoms with van der Waals surface area (Å²) in [5.41, 5.74) is 2.06. The minimum Gasteiger partial charge on any atom is -0.497 e. The van der Waals surface area contributed by atoms with Gasteiger partial charge in [-0.25, -0.2) is 4.79 Å². The van der Waals surface area contributed by atoms with Gasteiger partial charge in [0.05, 0.1) is 18.1 Å². The number of carbonyl (C=O) groups is 2. The second kappa shape index (κ2) is 9.03. The topological polar surface area (TPSA) is 93.2 Å². The number of benzene rings is 2. The summed E-state index contributed by atoms with van der Waals surface area (Å²) in [6.45, 7) is 0.954. The van der Waals surface area contributed by atoms with Crippen LogP contribution in [0.25, 0.3) is 11.0 Å². The number of H-pyrrole nitrogens is 1. The quantitative estimate of drug-likeness (QED) is 0.440. The molecule has 7 nitrogen and oxygen atoms in total. The molecule has 3 aromatic rings.